The third kappa shape index (κ3) is 12.4. The number of amides is 4. The van der Waals surface area contributed by atoms with E-state index in [4.69, 9.17) is 4.74 Å². The van der Waals surface area contributed by atoms with E-state index in [0.717, 1.165) is 38.9 Å². The molecule has 0 fully saturated rings. The smallest absolute Gasteiger partial charge is 0.408 e. The van der Waals surface area contributed by atoms with Crippen molar-refractivity contribution in [2.45, 2.75) is 97.6 Å². The van der Waals surface area contributed by atoms with Crippen LogP contribution in [0.4, 0.5) is 4.79 Å². The molecule has 0 saturated carbocycles. The van der Waals surface area contributed by atoms with Gasteiger partial charge in [0.05, 0.1) is 29.8 Å². The maximum atomic E-state index is 14.3. The maximum Gasteiger partial charge on any atom is 0.408 e. The summed E-state index contributed by atoms with van der Waals surface area (Å²) in [5.41, 5.74) is 4.03. The van der Waals surface area contributed by atoms with Gasteiger partial charge in [-0.2, -0.15) is 0 Å². The van der Waals surface area contributed by atoms with Crippen LogP contribution in [0.15, 0.2) is 78.3 Å². The van der Waals surface area contributed by atoms with E-state index in [2.05, 4.69) is 26.3 Å². The zero-order valence-electron chi connectivity index (χ0n) is 31.3. The van der Waals surface area contributed by atoms with Crippen molar-refractivity contribution >= 4 is 45.9 Å². The summed E-state index contributed by atoms with van der Waals surface area (Å²) in [5.74, 6) is -1.29. The lowest BCUT2D eigenvalue weighted by Gasteiger charge is -2.31. The molecule has 4 rings (SSSR count). The molecule has 3 aromatic carbocycles. The number of rotatable bonds is 19. The van der Waals surface area contributed by atoms with E-state index in [1.807, 2.05) is 107 Å². The molecule has 284 valence electrons. The number of fused-ring (bicyclic) bond motifs is 1. The zero-order chi connectivity index (χ0) is 38.3. The number of nitrogens with one attached hydrogen (secondary N) is 4. The quantitative estimate of drug-likeness (QED) is 0.0835. The lowest BCUT2D eigenvalue weighted by molar-refractivity contribution is -0.131. The van der Waals surface area contributed by atoms with E-state index < -0.39 is 42.1 Å². The first-order chi connectivity index (χ1) is 25.5. The highest BCUT2D eigenvalue weighted by molar-refractivity contribution is 7.09. The molecule has 0 aliphatic carbocycles. The first-order valence-corrected chi connectivity index (χ1v) is 19.2. The molecule has 4 unspecified atom stereocenters. The standard InChI is InChI=1S/C41H53N5O6S/c1-6-26(3)23-42-37(48)22-35(47)38(27(4)7-2)46-40(50)34(21-36-28(5)43-25-53-36)44-39(49)33(45-41(51)52-24-29-14-9-8-10-15-29)20-31-18-13-17-30-16-11-12-19-32(30)31/h8-19,25-27,33-35,38,47H,6-7,20-24H2,1-5H3,(H,42,48)(H,44,49)(H,45,51)(H,46,50)/t26?,27?,33-,34-,35?,38?/m0/s1. The Morgan fingerprint density at radius 3 is 2.21 bits per heavy atom. The minimum Gasteiger partial charge on any atom is -0.445 e. The number of aliphatic hydroxyl groups is 1. The summed E-state index contributed by atoms with van der Waals surface area (Å²) in [6, 6.07) is 19.8. The predicted molar refractivity (Wildman–Crippen MR) is 208 cm³/mol. The molecule has 4 amide bonds. The molecule has 53 heavy (non-hydrogen) atoms. The van der Waals surface area contributed by atoms with Crippen LogP contribution in [0.3, 0.4) is 0 Å². The van der Waals surface area contributed by atoms with Crippen molar-refractivity contribution in [2.75, 3.05) is 6.54 Å². The van der Waals surface area contributed by atoms with E-state index in [0.29, 0.717) is 18.9 Å². The van der Waals surface area contributed by atoms with Crippen molar-refractivity contribution in [1.82, 2.24) is 26.3 Å². The van der Waals surface area contributed by atoms with Crippen molar-refractivity contribution in [1.29, 1.82) is 0 Å². The van der Waals surface area contributed by atoms with Crippen molar-refractivity contribution in [3.8, 4) is 0 Å². The number of hydrogen-bond donors (Lipinski definition) is 5. The van der Waals surface area contributed by atoms with Crippen molar-refractivity contribution in [3.05, 3.63) is 100 Å². The fraction of sp³-hybridized carbons (Fsp3) is 0.439. The second kappa shape index (κ2) is 20.4. The fourth-order valence-corrected chi connectivity index (χ4v) is 6.78. The number of ether oxygens (including phenoxy) is 1. The number of nitrogens with zero attached hydrogens (tertiary/aromatic N) is 1. The van der Waals surface area contributed by atoms with Crippen LogP contribution in [0.25, 0.3) is 10.8 Å². The fourth-order valence-electron chi connectivity index (χ4n) is 5.95. The third-order valence-electron chi connectivity index (χ3n) is 9.71. The number of aryl methyl sites for hydroxylation is 1. The largest absolute Gasteiger partial charge is 0.445 e. The van der Waals surface area contributed by atoms with E-state index in [1.165, 1.54) is 11.3 Å². The first-order valence-electron chi connectivity index (χ1n) is 18.4. The Morgan fingerprint density at radius 1 is 0.830 bits per heavy atom. The summed E-state index contributed by atoms with van der Waals surface area (Å²) in [4.78, 5) is 59.4. The van der Waals surface area contributed by atoms with Crippen molar-refractivity contribution in [3.63, 3.8) is 0 Å². The number of carbonyl (C=O) groups is 4. The molecule has 1 aromatic heterocycles. The molecule has 1 heterocycles. The summed E-state index contributed by atoms with van der Waals surface area (Å²) in [7, 11) is 0. The van der Waals surface area contributed by atoms with Gasteiger partial charge in [0.1, 0.15) is 18.7 Å². The van der Waals surface area contributed by atoms with Crippen LogP contribution in [-0.4, -0.2) is 64.7 Å². The van der Waals surface area contributed by atoms with Crippen LogP contribution < -0.4 is 21.3 Å². The molecule has 0 bridgehead atoms. The van der Waals surface area contributed by atoms with Crippen LogP contribution >= 0.6 is 11.3 Å². The van der Waals surface area contributed by atoms with Gasteiger partial charge in [0, 0.05) is 24.3 Å². The lowest BCUT2D eigenvalue weighted by Crippen LogP contribution is -2.58. The van der Waals surface area contributed by atoms with Gasteiger partial charge in [-0.25, -0.2) is 9.78 Å². The van der Waals surface area contributed by atoms with Gasteiger partial charge in [0.2, 0.25) is 17.7 Å². The van der Waals surface area contributed by atoms with E-state index in [-0.39, 0.29) is 37.7 Å². The van der Waals surface area contributed by atoms with E-state index in [9.17, 15) is 24.3 Å². The maximum absolute atomic E-state index is 14.3. The molecule has 0 spiro atoms. The van der Waals surface area contributed by atoms with Gasteiger partial charge in [0.15, 0.2) is 0 Å². The summed E-state index contributed by atoms with van der Waals surface area (Å²) >= 11 is 1.37. The minimum atomic E-state index is -1.16. The number of aliphatic hydroxyl groups excluding tert-OH is 1. The average Bonchev–Trinajstić information content (AvgIpc) is 3.57. The van der Waals surface area contributed by atoms with E-state index >= 15 is 0 Å². The second-order valence-electron chi connectivity index (χ2n) is 13.7. The van der Waals surface area contributed by atoms with Crippen LogP contribution in [0.2, 0.25) is 0 Å². The van der Waals surface area contributed by atoms with Crippen molar-refractivity contribution < 1.29 is 29.0 Å². The van der Waals surface area contributed by atoms with Gasteiger partial charge >= 0.3 is 6.09 Å². The minimum absolute atomic E-state index is 0.0138. The molecule has 5 N–H and O–H groups in total. The number of benzene rings is 3. The monoisotopic (exact) mass is 743 g/mol. The average molecular weight is 744 g/mol. The third-order valence-corrected chi connectivity index (χ3v) is 10.7. The number of aromatic nitrogens is 1. The Bertz CT molecular complexity index is 1790. The molecule has 0 aliphatic heterocycles. The number of hydrogen-bond acceptors (Lipinski definition) is 8. The molecule has 4 aromatic rings. The first kappa shape index (κ1) is 41.0. The van der Waals surface area contributed by atoms with Gasteiger partial charge < -0.3 is 31.1 Å². The van der Waals surface area contributed by atoms with Gasteiger partial charge in [-0.15, -0.1) is 11.3 Å². The highest BCUT2D eigenvalue weighted by Crippen LogP contribution is 2.21. The Balaban J connectivity index is 1.58. The van der Waals surface area contributed by atoms with Crippen LogP contribution in [0.1, 0.15) is 68.7 Å². The number of alkyl carbamates (subject to hydrolysis) is 1. The normalized spacial score (nSPS) is 14.6. The predicted octanol–water partition coefficient (Wildman–Crippen LogP) is 5.61. The molecule has 11 nitrogen and oxygen atoms in total. The molecule has 0 radical (unpaired) electrons. The summed E-state index contributed by atoms with van der Waals surface area (Å²) < 4.78 is 5.50. The van der Waals surface area contributed by atoms with Crippen LogP contribution in [0.5, 0.6) is 0 Å². The topological polar surface area (TPSA) is 159 Å². The highest BCUT2D eigenvalue weighted by atomic mass is 32.1. The molecule has 12 heteroatoms. The molecular weight excluding hydrogens is 691 g/mol. The SMILES string of the molecule is CCC(C)CNC(=O)CC(O)C(NC(=O)[C@H](Cc1scnc1C)NC(=O)[C@H](Cc1cccc2ccccc12)NC(=O)OCc1ccccc1)C(C)CC. The van der Waals surface area contributed by atoms with Gasteiger partial charge in [-0.05, 0) is 40.7 Å². The van der Waals surface area contributed by atoms with Crippen molar-refractivity contribution in [2.24, 2.45) is 11.8 Å². The Kier molecular flexibility index (Phi) is 15.8. The Labute approximate surface area is 316 Å². The van der Waals surface area contributed by atoms with Crippen LogP contribution in [0, 0.1) is 18.8 Å². The Hall–Kier alpha value is -4.81. The molecule has 0 saturated heterocycles. The van der Waals surface area contributed by atoms with Gasteiger partial charge in [0.25, 0.3) is 0 Å². The second-order valence-corrected chi connectivity index (χ2v) is 14.7. The zero-order valence-corrected chi connectivity index (χ0v) is 32.1. The van der Waals surface area contributed by atoms with Gasteiger partial charge in [-0.1, -0.05) is 113 Å². The molecule has 6 atom stereocenters. The van der Waals surface area contributed by atoms with Crippen LogP contribution in [-0.2, 0) is 38.6 Å². The summed E-state index contributed by atoms with van der Waals surface area (Å²) in [6.07, 6.45) is -0.322. The molecular formula is C41H53N5O6S. The Morgan fingerprint density at radius 2 is 1.51 bits per heavy atom. The lowest BCUT2D eigenvalue weighted by atomic mass is 9.91. The van der Waals surface area contributed by atoms with Gasteiger partial charge in [-0.3, -0.25) is 14.4 Å². The number of thiazole rings is 1. The highest BCUT2D eigenvalue weighted by Gasteiger charge is 2.33. The summed E-state index contributed by atoms with van der Waals surface area (Å²) in [6.45, 7) is 10.3. The number of carbonyl (C=O) groups excluding carboxylic acids is 4. The van der Waals surface area contributed by atoms with E-state index in [1.54, 1.807) is 5.51 Å². The molecule has 0 aliphatic rings. The summed E-state index contributed by atoms with van der Waals surface area (Å²) in [5, 5.41) is 24.7.